The fraction of sp³-hybridized carbons (Fsp3) is 1.00. The first kappa shape index (κ1) is 6.92. The van der Waals surface area contributed by atoms with Crippen LogP contribution in [0.2, 0.25) is 0 Å². The number of aliphatic hydroxyl groups is 2. The molecule has 1 atom stereocenters. The molecule has 0 amide bonds. The molecule has 0 aliphatic heterocycles. The summed E-state index contributed by atoms with van der Waals surface area (Å²) >= 11 is 0.774. The summed E-state index contributed by atoms with van der Waals surface area (Å²) in [4.78, 5) is 0. The van der Waals surface area contributed by atoms with Gasteiger partial charge in [-0.1, -0.05) is 0 Å². The van der Waals surface area contributed by atoms with Crippen LogP contribution in [-0.2, 0) is 0 Å². The van der Waals surface area contributed by atoms with Gasteiger partial charge in [-0.15, -0.1) is 0 Å². The second kappa shape index (κ2) is 4.09. The quantitative estimate of drug-likeness (QED) is 0.428. The van der Waals surface area contributed by atoms with Crippen LogP contribution >= 0.6 is 0 Å². The zero-order valence-electron chi connectivity index (χ0n) is 3.89. The predicted molar refractivity (Wildman–Crippen MR) is 23.5 cm³/mol. The molecule has 0 spiro atoms. The monoisotopic (exact) mass is 98.0 g/mol. The van der Waals surface area contributed by atoms with Gasteiger partial charge in [-0.05, 0) is 0 Å². The number of hydrogen-bond acceptors (Lipinski definition) is 2. The Labute approximate surface area is 54.6 Å². The third-order valence-corrected chi connectivity index (χ3v) is 1.12. The maximum absolute atomic E-state index is 8.45. The second-order valence-electron chi connectivity index (χ2n) is 1.36. The summed E-state index contributed by atoms with van der Waals surface area (Å²) in [7, 11) is 0. The van der Waals surface area contributed by atoms with Crippen molar-refractivity contribution in [3.05, 3.63) is 0 Å². The number of aliphatic hydroxyl groups excluding tert-OH is 2. The first-order valence-electron chi connectivity index (χ1n) is 2.06. The van der Waals surface area contributed by atoms with E-state index >= 15 is 0 Å². The van der Waals surface area contributed by atoms with Crippen molar-refractivity contribution in [2.24, 2.45) is 0 Å². The topological polar surface area (TPSA) is 40.5 Å². The van der Waals surface area contributed by atoms with E-state index in [0.29, 0.717) is 6.42 Å². The van der Waals surface area contributed by atoms with Crippen molar-refractivity contribution in [2.75, 3.05) is 6.61 Å². The van der Waals surface area contributed by atoms with Crippen LogP contribution in [0.4, 0.5) is 0 Å². The molecule has 3 heteroatoms. The first-order chi connectivity index (χ1) is 2.77. The molecule has 0 rings (SSSR count). The van der Waals surface area contributed by atoms with Gasteiger partial charge in [0.2, 0.25) is 0 Å². The standard InChI is InChI=1S/C3H7O2.Na/c4-2-1-3-5;/h2,4-5H,1,3H2;. The summed E-state index contributed by atoms with van der Waals surface area (Å²) < 4.78 is -0.213. The molecule has 1 unspecified atom stereocenters. The third kappa shape index (κ3) is 4.92. The van der Waals surface area contributed by atoms with E-state index < -0.39 is 0 Å². The van der Waals surface area contributed by atoms with Crippen molar-refractivity contribution in [2.45, 2.75) is 9.77 Å². The van der Waals surface area contributed by atoms with Crippen LogP contribution in [-0.4, -0.2) is 48.1 Å². The molecule has 0 aliphatic rings. The van der Waals surface area contributed by atoms with Gasteiger partial charge in [-0.3, -0.25) is 0 Å². The van der Waals surface area contributed by atoms with Gasteiger partial charge in [0.1, 0.15) is 0 Å². The van der Waals surface area contributed by atoms with E-state index in [4.69, 9.17) is 10.2 Å². The first-order valence-corrected chi connectivity index (χ1v) is 3.21. The normalized spacial score (nSPS) is 14.7. The molecule has 0 aromatic heterocycles. The molecule has 0 radical (unpaired) electrons. The Morgan fingerprint density at radius 2 is 2.17 bits per heavy atom. The van der Waals surface area contributed by atoms with E-state index in [1.807, 2.05) is 0 Å². The zero-order chi connectivity index (χ0) is 4.99. The Morgan fingerprint density at radius 1 is 1.67 bits per heavy atom. The van der Waals surface area contributed by atoms with Crippen molar-refractivity contribution >= 4 is 27.9 Å². The summed E-state index contributed by atoms with van der Waals surface area (Å²) in [5, 5.41) is 16.6. The fourth-order valence-electron chi connectivity index (χ4n) is 0.187. The van der Waals surface area contributed by atoms with Crippen molar-refractivity contribution in [1.29, 1.82) is 0 Å². The molecule has 0 bridgehead atoms. The van der Waals surface area contributed by atoms with Crippen molar-refractivity contribution in [3.63, 3.8) is 0 Å². The van der Waals surface area contributed by atoms with Gasteiger partial charge in [-0.25, -0.2) is 0 Å². The van der Waals surface area contributed by atoms with E-state index in [9.17, 15) is 0 Å². The van der Waals surface area contributed by atoms with Crippen molar-refractivity contribution in [3.8, 4) is 0 Å². The van der Waals surface area contributed by atoms with Crippen molar-refractivity contribution in [1.82, 2.24) is 0 Å². The van der Waals surface area contributed by atoms with Crippen LogP contribution in [0.5, 0.6) is 0 Å². The predicted octanol–water partition coefficient (Wildman–Crippen LogP) is -1.14. The second-order valence-corrected chi connectivity index (χ2v) is 2.69. The average Bonchev–Trinajstić information content (AvgIpc) is 1.35. The van der Waals surface area contributed by atoms with Crippen LogP contribution in [0.1, 0.15) is 6.42 Å². The molecule has 0 aliphatic carbocycles. The average molecular weight is 98.1 g/mol. The summed E-state index contributed by atoms with van der Waals surface area (Å²) in [5.74, 6) is 0. The fourth-order valence-corrected chi connectivity index (χ4v) is 0.445. The Hall–Kier alpha value is 0.920. The van der Waals surface area contributed by atoms with Crippen LogP contribution in [0.25, 0.3) is 0 Å². The van der Waals surface area contributed by atoms with Gasteiger partial charge in [0.15, 0.2) is 0 Å². The summed E-state index contributed by atoms with van der Waals surface area (Å²) in [6, 6.07) is 0. The maximum atomic E-state index is 8.45. The Kier molecular flexibility index (Phi) is 4.72. The summed E-state index contributed by atoms with van der Waals surface area (Å²) in [6.45, 7) is 0.116. The molecular weight excluding hydrogens is 91.0 g/mol. The van der Waals surface area contributed by atoms with E-state index in [1.54, 1.807) is 0 Å². The van der Waals surface area contributed by atoms with Crippen LogP contribution < -0.4 is 0 Å². The molecule has 6 heavy (non-hydrogen) atoms. The molecule has 0 aromatic rings. The summed E-state index contributed by atoms with van der Waals surface area (Å²) in [5.41, 5.74) is 0. The van der Waals surface area contributed by atoms with Gasteiger partial charge in [0.05, 0.1) is 0 Å². The molecule has 0 heterocycles. The third-order valence-electron chi connectivity index (χ3n) is 0.547. The van der Waals surface area contributed by atoms with Gasteiger partial charge >= 0.3 is 54.5 Å². The van der Waals surface area contributed by atoms with Gasteiger partial charge in [0, 0.05) is 0 Å². The minimum atomic E-state index is -0.213. The van der Waals surface area contributed by atoms with Gasteiger partial charge < -0.3 is 0 Å². The molecule has 0 aromatic carbocycles. The molecule has 32 valence electrons. The van der Waals surface area contributed by atoms with E-state index in [0.717, 1.165) is 27.9 Å². The van der Waals surface area contributed by atoms with Crippen LogP contribution in [0, 0.1) is 0 Å². The minimum absolute atomic E-state index is 0.116. The van der Waals surface area contributed by atoms with Crippen LogP contribution in [0.3, 0.4) is 0 Å². The SMILES string of the molecule is OCC[CH](O)[Na]. The van der Waals surface area contributed by atoms with Gasteiger partial charge in [-0.2, -0.15) is 0 Å². The van der Waals surface area contributed by atoms with E-state index in [-0.39, 0.29) is 9.96 Å². The Balaban J connectivity index is 2.63. The Bertz CT molecular complexity index is 30.0. The number of hydrogen-bond donors (Lipinski definition) is 2. The summed E-state index contributed by atoms with van der Waals surface area (Å²) in [6.07, 6.45) is 0.548. The van der Waals surface area contributed by atoms with E-state index in [1.165, 1.54) is 0 Å². The van der Waals surface area contributed by atoms with Crippen LogP contribution in [0.15, 0.2) is 0 Å². The van der Waals surface area contributed by atoms with E-state index in [2.05, 4.69) is 0 Å². The molecule has 0 saturated heterocycles. The van der Waals surface area contributed by atoms with Gasteiger partial charge in [0.25, 0.3) is 0 Å². The zero-order valence-corrected chi connectivity index (χ0v) is 5.89. The molecule has 2 N–H and O–H groups in total. The molecular formula is C3H7NaO2. The molecule has 0 fully saturated rings. The number of rotatable bonds is 2. The Morgan fingerprint density at radius 3 is 2.17 bits per heavy atom. The van der Waals surface area contributed by atoms with Crippen molar-refractivity contribution < 1.29 is 10.2 Å². The molecule has 2 nitrogen and oxygen atoms in total. The molecule has 0 saturated carbocycles.